The van der Waals surface area contributed by atoms with Gasteiger partial charge in [-0.05, 0) is 32.4 Å². The van der Waals surface area contributed by atoms with Crippen molar-refractivity contribution >= 4 is 10.8 Å². The van der Waals surface area contributed by atoms with Gasteiger partial charge in [0.2, 0.25) is 5.16 Å². The summed E-state index contributed by atoms with van der Waals surface area (Å²) in [6.45, 7) is 2.92. The van der Waals surface area contributed by atoms with Crippen LogP contribution >= 0.6 is 0 Å². The first kappa shape index (κ1) is 10.7. The Hall–Kier alpha value is -0.810. The van der Waals surface area contributed by atoms with Crippen molar-refractivity contribution in [1.29, 1.82) is 0 Å². The van der Waals surface area contributed by atoms with Crippen molar-refractivity contribution in [3.05, 3.63) is 18.0 Å². The van der Waals surface area contributed by atoms with E-state index in [0.29, 0.717) is 17.0 Å². The van der Waals surface area contributed by atoms with Crippen LogP contribution in [0.5, 0.6) is 0 Å². The van der Waals surface area contributed by atoms with Gasteiger partial charge in [0.05, 0.1) is 10.8 Å². The maximum absolute atomic E-state index is 11.9. The minimum atomic E-state index is -1.07. The molecule has 2 atom stereocenters. The molecule has 82 valence electrons. The van der Waals surface area contributed by atoms with Crippen LogP contribution in [0.2, 0.25) is 0 Å². The number of nitrogens with one attached hydrogen (secondary N) is 1. The van der Waals surface area contributed by atoms with Crippen molar-refractivity contribution in [3.63, 3.8) is 0 Å². The lowest BCUT2D eigenvalue weighted by Gasteiger charge is -2.08. The van der Waals surface area contributed by atoms with Crippen LogP contribution in [-0.2, 0) is 10.8 Å². The summed E-state index contributed by atoms with van der Waals surface area (Å²) in [4.78, 5) is 8.22. The molecule has 2 rings (SSSR count). The zero-order valence-electron chi connectivity index (χ0n) is 8.77. The molecule has 2 heterocycles. The van der Waals surface area contributed by atoms with E-state index < -0.39 is 10.8 Å². The van der Waals surface area contributed by atoms with Gasteiger partial charge < -0.3 is 5.32 Å². The van der Waals surface area contributed by atoms with E-state index in [9.17, 15) is 4.21 Å². The average Bonchev–Trinajstić information content (AvgIpc) is 2.70. The van der Waals surface area contributed by atoms with Crippen LogP contribution in [0.25, 0.3) is 0 Å². The largest absolute Gasteiger partial charge is 0.313 e. The number of nitrogens with zero attached hydrogens (tertiary/aromatic N) is 2. The predicted octanol–water partition coefficient (Wildman–Crippen LogP) is 0.645. The molecule has 15 heavy (non-hydrogen) atoms. The van der Waals surface area contributed by atoms with Gasteiger partial charge in [0.1, 0.15) is 0 Å². The first-order valence-corrected chi connectivity index (χ1v) is 6.49. The Labute approximate surface area is 92.0 Å². The van der Waals surface area contributed by atoms with E-state index in [1.807, 2.05) is 13.0 Å². The van der Waals surface area contributed by atoms with Crippen LogP contribution in [-0.4, -0.2) is 32.5 Å². The molecule has 1 aliphatic rings. The Morgan fingerprint density at radius 1 is 1.67 bits per heavy atom. The third kappa shape index (κ3) is 2.82. The molecule has 0 spiro atoms. The molecule has 1 aromatic heterocycles. The molecule has 0 aliphatic carbocycles. The zero-order chi connectivity index (χ0) is 10.7. The Balaban J connectivity index is 2.01. The van der Waals surface area contributed by atoms with Crippen molar-refractivity contribution in [2.45, 2.75) is 31.0 Å². The highest BCUT2D eigenvalue weighted by Gasteiger charge is 2.18. The van der Waals surface area contributed by atoms with Crippen molar-refractivity contribution in [3.8, 4) is 0 Å². The molecule has 0 bridgehead atoms. The van der Waals surface area contributed by atoms with Gasteiger partial charge in [-0.1, -0.05) is 0 Å². The lowest BCUT2D eigenvalue weighted by atomic mass is 10.3. The fourth-order valence-corrected chi connectivity index (χ4v) is 2.92. The first-order chi connectivity index (χ1) is 7.25. The maximum Gasteiger partial charge on any atom is 0.218 e. The second-order valence-corrected chi connectivity index (χ2v) is 5.18. The van der Waals surface area contributed by atoms with Crippen LogP contribution < -0.4 is 5.32 Å². The molecule has 5 heteroatoms. The lowest BCUT2D eigenvalue weighted by Crippen LogP contribution is -2.28. The number of aromatic nitrogens is 2. The second kappa shape index (κ2) is 4.81. The highest BCUT2D eigenvalue weighted by molar-refractivity contribution is 7.84. The summed E-state index contributed by atoms with van der Waals surface area (Å²) < 4.78 is 11.9. The smallest absolute Gasteiger partial charge is 0.218 e. The second-order valence-electron chi connectivity index (χ2n) is 3.79. The van der Waals surface area contributed by atoms with Crippen LogP contribution in [0.4, 0.5) is 0 Å². The fourth-order valence-electron chi connectivity index (χ4n) is 1.69. The Bertz CT molecular complexity index is 363. The van der Waals surface area contributed by atoms with E-state index in [1.165, 1.54) is 6.42 Å². The molecule has 0 saturated carbocycles. The topological polar surface area (TPSA) is 54.9 Å². The zero-order valence-corrected chi connectivity index (χ0v) is 9.59. The quantitative estimate of drug-likeness (QED) is 0.767. The van der Waals surface area contributed by atoms with Gasteiger partial charge >= 0.3 is 0 Å². The van der Waals surface area contributed by atoms with Crippen molar-refractivity contribution in [2.75, 3.05) is 12.3 Å². The predicted molar refractivity (Wildman–Crippen MR) is 59.1 cm³/mol. The monoisotopic (exact) mass is 225 g/mol. The third-order valence-corrected chi connectivity index (χ3v) is 3.80. The fraction of sp³-hybridized carbons (Fsp3) is 0.600. The molecule has 4 nitrogen and oxygen atoms in total. The van der Waals surface area contributed by atoms with Gasteiger partial charge in [0, 0.05) is 23.7 Å². The van der Waals surface area contributed by atoms with Gasteiger partial charge in [-0.15, -0.1) is 0 Å². The molecular formula is C10H15N3OS. The minimum Gasteiger partial charge on any atom is -0.313 e. The van der Waals surface area contributed by atoms with Gasteiger partial charge in [-0.2, -0.15) is 0 Å². The van der Waals surface area contributed by atoms with E-state index in [0.717, 1.165) is 18.7 Å². The number of rotatable bonds is 3. The minimum absolute atomic E-state index is 0.370. The van der Waals surface area contributed by atoms with E-state index >= 15 is 0 Å². The number of hydrogen-bond donors (Lipinski definition) is 1. The third-order valence-electron chi connectivity index (χ3n) is 2.49. The van der Waals surface area contributed by atoms with Crippen molar-refractivity contribution < 1.29 is 4.21 Å². The summed E-state index contributed by atoms with van der Waals surface area (Å²) in [7, 11) is -1.07. The summed E-state index contributed by atoms with van der Waals surface area (Å²) >= 11 is 0. The molecular weight excluding hydrogens is 210 g/mol. The lowest BCUT2D eigenvalue weighted by molar-refractivity contribution is 0.637. The van der Waals surface area contributed by atoms with Gasteiger partial charge in [-0.3, -0.25) is 4.21 Å². The number of hydrogen-bond acceptors (Lipinski definition) is 4. The Morgan fingerprint density at radius 3 is 3.20 bits per heavy atom. The SMILES string of the molecule is Cc1ccnc([S@](=O)C[C@@H]2CCCN2)n1. The summed E-state index contributed by atoms with van der Waals surface area (Å²) in [6.07, 6.45) is 3.95. The summed E-state index contributed by atoms with van der Waals surface area (Å²) in [5, 5.41) is 3.79. The maximum atomic E-state index is 11.9. The molecule has 0 aromatic carbocycles. The van der Waals surface area contributed by atoms with Crippen molar-refractivity contribution in [1.82, 2.24) is 15.3 Å². The molecule has 1 saturated heterocycles. The molecule has 1 N–H and O–H groups in total. The molecule has 0 radical (unpaired) electrons. The van der Waals surface area contributed by atoms with Crippen LogP contribution in [0.15, 0.2) is 17.4 Å². The molecule has 1 aromatic rings. The molecule has 1 fully saturated rings. The summed E-state index contributed by atoms with van der Waals surface area (Å²) in [6, 6.07) is 2.18. The van der Waals surface area contributed by atoms with Crippen LogP contribution in [0.1, 0.15) is 18.5 Å². The highest BCUT2D eigenvalue weighted by atomic mass is 32.2. The summed E-state index contributed by atoms with van der Waals surface area (Å²) in [5.74, 6) is 0.628. The van der Waals surface area contributed by atoms with Gasteiger partial charge in [-0.25, -0.2) is 9.97 Å². The summed E-state index contributed by atoms with van der Waals surface area (Å²) in [5.41, 5.74) is 0.868. The standard InChI is InChI=1S/C10H15N3OS/c1-8-4-6-12-10(13-8)15(14)7-9-3-2-5-11-9/h4,6,9,11H,2-3,5,7H2,1H3/t9-,15+/m0/s1. The van der Waals surface area contributed by atoms with E-state index in [-0.39, 0.29) is 0 Å². The van der Waals surface area contributed by atoms with Gasteiger partial charge in [0.25, 0.3) is 0 Å². The van der Waals surface area contributed by atoms with E-state index in [2.05, 4.69) is 15.3 Å². The van der Waals surface area contributed by atoms with E-state index in [1.54, 1.807) is 6.20 Å². The van der Waals surface area contributed by atoms with Crippen LogP contribution in [0, 0.1) is 6.92 Å². The Morgan fingerprint density at radius 2 is 2.53 bits per heavy atom. The van der Waals surface area contributed by atoms with Crippen LogP contribution in [0.3, 0.4) is 0 Å². The van der Waals surface area contributed by atoms with E-state index in [4.69, 9.17) is 0 Å². The Kier molecular flexibility index (Phi) is 3.43. The normalized spacial score (nSPS) is 22.9. The highest BCUT2D eigenvalue weighted by Crippen LogP contribution is 2.09. The molecule has 0 amide bonds. The average molecular weight is 225 g/mol. The first-order valence-electron chi connectivity index (χ1n) is 5.17. The molecule has 0 unspecified atom stereocenters. The van der Waals surface area contributed by atoms with Crippen molar-refractivity contribution in [2.24, 2.45) is 0 Å². The number of aryl methyl sites for hydroxylation is 1. The van der Waals surface area contributed by atoms with Gasteiger partial charge in [0.15, 0.2) is 0 Å². The molecule has 1 aliphatic heterocycles.